The van der Waals surface area contributed by atoms with Crippen LogP contribution < -0.4 is 5.32 Å². The highest BCUT2D eigenvalue weighted by Gasteiger charge is 2.17. The maximum atomic E-state index is 12.1. The number of rotatable bonds is 7. The minimum absolute atomic E-state index is 0.120. The molecule has 0 radical (unpaired) electrons. The summed E-state index contributed by atoms with van der Waals surface area (Å²) in [6.07, 6.45) is 3.37. The average molecular weight is 373 g/mol. The van der Waals surface area contributed by atoms with Gasteiger partial charge < -0.3 is 15.0 Å². The minimum atomic E-state index is -0.689. The van der Waals surface area contributed by atoms with Gasteiger partial charge in [-0.3, -0.25) is 9.59 Å². The van der Waals surface area contributed by atoms with Gasteiger partial charge in [0, 0.05) is 18.1 Å². The van der Waals surface area contributed by atoms with E-state index in [0.717, 1.165) is 4.90 Å². The molecule has 0 fully saturated rings. The molecule has 2 rings (SSSR count). The quantitative estimate of drug-likeness (QED) is 0.590. The van der Waals surface area contributed by atoms with Gasteiger partial charge in [-0.25, -0.2) is 9.78 Å². The van der Waals surface area contributed by atoms with E-state index in [-0.39, 0.29) is 18.1 Å². The number of amides is 2. The second kappa shape index (κ2) is 9.57. The highest BCUT2D eigenvalue weighted by molar-refractivity contribution is 7.98. The van der Waals surface area contributed by atoms with E-state index in [1.807, 2.05) is 24.5 Å². The number of nitrogens with one attached hydrogen (secondary N) is 1. The predicted octanol–water partition coefficient (Wildman–Crippen LogP) is 2.06. The number of thioether (sulfide) groups is 1. The van der Waals surface area contributed by atoms with E-state index in [1.54, 1.807) is 18.2 Å². The molecule has 0 saturated heterocycles. The Kier molecular flexibility index (Phi) is 7.16. The van der Waals surface area contributed by atoms with Crippen molar-refractivity contribution in [2.24, 2.45) is 0 Å². The number of esters is 1. The number of ether oxygens (including phenoxy) is 1. The molecule has 1 heterocycles. The van der Waals surface area contributed by atoms with Crippen LogP contribution in [0.3, 0.4) is 0 Å². The van der Waals surface area contributed by atoms with E-state index in [4.69, 9.17) is 4.74 Å². The summed E-state index contributed by atoms with van der Waals surface area (Å²) in [5, 5.41) is 2.77. The Hall–Kier alpha value is -2.87. The second-order valence-corrected chi connectivity index (χ2v) is 6.14. The summed E-state index contributed by atoms with van der Waals surface area (Å²) in [5.74, 6) is -1.51. The number of hydrogen-bond donors (Lipinski definition) is 1. The smallest absolute Gasteiger partial charge is 0.357 e. The number of aromatic nitrogens is 1. The molecule has 1 N–H and O–H groups in total. The van der Waals surface area contributed by atoms with Crippen molar-refractivity contribution in [3.05, 3.63) is 54.4 Å². The Morgan fingerprint density at radius 2 is 1.88 bits per heavy atom. The first kappa shape index (κ1) is 19.5. The summed E-state index contributed by atoms with van der Waals surface area (Å²) in [5.41, 5.74) is 0.807. The maximum absolute atomic E-state index is 12.1. The Balaban J connectivity index is 1.82. The molecule has 0 saturated carbocycles. The van der Waals surface area contributed by atoms with Crippen LogP contribution in [-0.2, 0) is 14.3 Å². The number of pyridine rings is 1. The van der Waals surface area contributed by atoms with Gasteiger partial charge in [0.2, 0.25) is 5.91 Å². The third kappa shape index (κ3) is 5.59. The highest BCUT2D eigenvalue weighted by atomic mass is 32.2. The van der Waals surface area contributed by atoms with Gasteiger partial charge in [0.05, 0.1) is 12.2 Å². The van der Waals surface area contributed by atoms with Crippen molar-refractivity contribution in [3.8, 4) is 0 Å². The molecule has 1 aromatic carbocycles. The second-order valence-electron chi connectivity index (χ2n) is 5.29. The van der Waals surface area contributed by atoms with Gasteiger partial charge >= 0.3 is 5.97 Å². The fourth-order valence-electron chi connectivity index (χ4n) is 2.04. The molecule has 1 aromatic heterocycles. The molecule has 0 aliphatic rings. The monoisotopic (exact) mass is 373 g/mol. The number of likely N-dealkylation sites (N-methyl/N-ethyl adjacent to an activating group) is 1. The number of nitrogens with zero attached hydrogens (tertiary/aromatic N) is 2. The Morgan fingerprint density at radius 1 is 1.15 bits per heavy atom. The predicted molar refractivity (Wildman–Crippen MR) is 99.0 cm³/mol. The largest absolute Gasteiger partial charge is 0.451 e. The van der Waals surface area contributed by atoms with Gasteiger partial charge in [-0.05, 0) is 30.5 Å². The molecule has 0 bridgehead atoms. The van der Waals surface area contributed by atoms with Gasteiger partial charge in [0.15, 0.2) is 6.61 Å². The molecule has 0 aliphatic carbocycles. The molecule has 7 nitrogen and oxygen atoms in total. The van der Waals surface area contributed by atoms with Crippen LogP contribution in [0.5, 0.6) is 0 Å². The third-order valence-corrected chi connectivity index (χ3v) is 4.18. The van der Waals surface area contributed by atoms with Crippen LogP contribution in [0.4, 0.5) is 5.69 Å². The zero-order valence-electron chi connectivity index (χ0n) is 14.5. The van der Waals surface area contributed by atoms with Gasteiger partial charge in [-0.15, -0.1) is 11.8 Å². The Morgan fingerprint density at radius 3 is 2.58 bits per heavy atom. The molecule has 2 amide bonds. The lowest BCUT2D eigenvalue weighted by Gasteiger charge is -2.17. The van der Waals surface area contributed by atoms with Crippen LogP contribution >= 0.6 is 11.8 Å². The van der Waals surface area contributed by atoms with Crippen molar-refractivity contribution < 1.29 is 19.1 Å². The number of hydrogen-bond acceptors (Lipinski definition) is 6. The molecule has 0 spiro atoms. The molecule has 8 heteroatoms. The van der Waals surface area contributed by atoms with Crippen LogP contribution in [0.25, 0.3) is 0 Å². The minimum Gasteiger partial charge on any atom is -0.451 e. The number of anilines is 1. The van der Waals surface area contributed by atoms with Crippen molar-refractivity contribution in [1.29, 1.82) is 0 Å². The molecular formula is C18H19N3O4S. The van der Waals surface area contributed by atoms with E-state index in [9.17, 15) is 14.4 Å². The van der Waals surface area contributed by atoms with E-state index in [0.29, 0.717) is 5.69 Å². The van der Waals surface area contributed by atoms with E-state index in [2.05, 4.69) is 10.3 Å². The van der Waals surface area contributed by atoms with Crippen LogP contribution in [0.1, 0.15) is 10.5 Å². The lowest BCUT2D eigenvalue weighted by atomic mass is 10.3. The molecule has 0 aliphatic heterocycles. The third-order valence-electron chi connectivity index (χ3n) is 3.39. The van der Waals surface area contributed by atoms with Gasteiger partial charge in [0.25, 0.3) is 5.91 Å². The molecule has 0 unspecified atom stereocenters. The van der Waals surface area contributed by atoms with Crippen LogP contribution in [0, 0.1) is 0 Å². The number of para-hydroxylation sites is 1. The Labute approximate surface area is 155 Å². The van der Waals surface area contributed by atoms with Crippen molar-refractivity contribution >= 4 is 35.2 Å². The van der Waals surface area contributed by atoms with Gasteiger partial charge in [-0.1, -0.05) is 18.2 Å². The average Bonchev–Trinajstić information content (AvgIpc) is 2.66. The first-order valence-electron chi connectivity index (χ1n) is 7.76. The van der Waals surface area contributed by atoms with Crippen molar-refractivity contribution in [3.63, 3.8) is 0 Å². The lowest BCUT2D eigenvalue weighted by molar-refractivity contribution is -0.136. The number of carbonyl (C=O) groups excluding carboxylic acids is 3. The standard InChI is InChI=1S/C18H19N3O4S/c1-21(11-16(22)20-13-7-3-4-9-15(13)26-2)17(23)12-25-18(24)14-8-5-6-10-19-14/h3-10H,11-12H2,1-2H3,(H,20,22). The highest BCUT2D eigenvalue weighted by Crippen LogP contribution is 2.24. The van der Waals surface area contributed by atoms with Crippen molar-refractivity contribution in [2.45, 2.75) is 4.90 Å². The van der Waals surface area contributed by atoms with Gasteiger partial charge in [0.1, 0.15) is 5.69 Å². The summed E-state index contributed by atoms with van der Waals surface area (Å²) in [4.78, 5) is 41.9. The van der Waals surface area contributed by atoms with Crippen molar-refractivity contribution in [2.75, 3.05) is 31.8 Å². The molecule has 0 atom stereocenters. The fourth-order valence-corrected chi connectivity index (χ4v) is 2.59. The van der Waals surface area contributed by atoms with Gasteiger partial charge in [-0.2, -0.15) is 0 Å². The maximum Gasteiger partial charge on any atom is 0.357 e. The van der Waals surface area contributed by atoms with Crippen molar-refractivity contribution in [1.82, 2.24) is 9.88 Å². The number of carbonyl (C=O) groups is 3. The summed E-state index contributed by atoms with van der Waals surface area (Å²) in [7, 11) is 1.47. The van der Waals surface area contributed by atoms with Crippen LogP contribution in [0.2, 0.25) is 0 Å². The Bertz CT molecular complexity index is 783. The fraction of sp³-hybridized carbons (Fsp3) is 0.222. The summed E-state index contributed by atoms with van der Waals surface area (Å²) >= 11 is 1.51. The zero-order chi connectivity index (χ0) is 18.9. The van der Waals surface area contributed by atoms with E-state index in [1.165, 1.54) is 36.0 Å². The zero-order valence-corrected chi connectivity index (χ0v) is 15.3. The SMILES string of the molecule is CSc1ccccc1NC(=O)CN(C)C(=O)COC(=O)c1ccccn1. The molecule has 26 heavy (non-hydrogen) atoms. The first-order chi connectivity index (χ1) is 12.5. The summed E-state index contributed by atoms with van der Waals surface area (Å²) in [6.45, 7) is -0.608. The molecule has 136 valence electrons. The lowest BCUT2D eigenvalue weighted by Crippen LogP contribution is -2.37. The first-order valence-corrected chi connectivity index (χ1v) is 8.98. The molecular weight excluding hydrogens is 354 g/mol. The van der Waals surface area contributed by atoms with E-state index < -0.39 is 18.5 Å². The number of benzene rings is 1. The van der Waals surface area contributed by atoms with Crippen LogP contribution in [0.15, 0.2) is 53.6 Å². The summed E-state index contributed by atoms with van der Waals surface area (Å²) < 4.78 is 4.92. The van der Waals surface area contributed by atoms with Crippen LogP contribution in [-0.4, -0.2) is 54.1 Å². The van der Waals surface area contributed by atoms with E-state index >= 15 is 0 Å². The molecule has 2 aromatic rings. The normalized spacial score (nSPS) is 10.1. The summed E-state index contributed by atoms with van der Waals surface area (Å²) in [6, 6.07) is 12.2. The topological polar surface area (TPSA) is 88.6 Å².